The van der Waals surface area contributed by atoms with Gasteiger partial charge in [0.05, 0.1) is 16.9 Å². The Bertz CT molecular complexity index is 419. The predicted octanol–water partition coefficient (Wildman–Crippen LogP) is 3.20. The van der Waals surface area contributed by atoms with Crippen molar-refractivity contribution in [2.45, 2.75) is 45.3 Å². The standard InChI is InChI=1S/C13H19ClN2O/c1-7(2)16-12(10(14)6-15-16)13(17)11-8-4-3-5-9(8)11/h6-9,11,13,17H,3-5H2,1-2H3. The normalized spacial score (nSPS) is 32.9. The molecule has 17 heavy (non-hydrogen) atoms. The number of hydrogen-bond donors (Lipinski definition) is 1. The molecule has 1 aromatic heterocycles. The van der Waals surface area contributed by atoms with E-state index in [4.69, 9.17) is 11.6 Å². The number of aromatic nitrogens is 2. The number of hydrogen-bond acceptors (Lipinski definition) is 2. The van der Waals surface area contributed by atoms with E-state index in [-0.39, 0.29) is 6.04 Å². The molecule has 0 bridgehead atoms. The lowest BCUT2D eigenvalue weighted by Crippen LogP contribution is -2.14. The molecular formula is C13H19ClN2O. The SMILES string of the molecule is CC(C)n1ncc(Cl)c1C(O)C1C2CCCC21. The van der Waals surface area contributed by atoms with Crippen LogP contribution in [0.1, 0.15) is 50.9 Å². The molecule has 0 radical (unpaired) electrons. The number of nitrogens with zero attached hydrogens (tertiary/aromatic N) is 2. The average molecular weight is 255 g/mol. The summed E-state index contributed by atoms with van der Waals surface area (Å²) in [5.74, 6) is 1.89. The highest BCUT2D eigenvalue weighted by Crippen LogP contribution is 2.62. The summed E-state index contributed by atoms with van der Waals surface area (Å²) in [7, 11) is 0. The minimum absolute atomic E-state index is 0.241. The lowest BCUT2D eigenvalue weighted by atomic mass is 10.0. The van der Waals surface area contributed by atoms with E-state index in [0.29, 0.717) is 10.9 Å². The highest BCUT2D eigenvalue weighted by molar-refractivity contribution is 6.31. The molecule has 3 unspecified atom stereocenters. The van der Waals surface area contributed by atoms with Gasteiger partial charge in [-0.25, -0.2) is 0 Å². The second-order valence-corrected chi connectivity index (χ2v) is 6.10. The van der Waals surface area contributed by atoms with E-state index in [1.165, 1.54) is 19.3 Å². The number of aliphatic hydroxyl groups excluding tert-OH is 1. The van der Waals surface area contributed by atoms with Crippen molar-refractivity contribution in [3.63, 3.8) is 0 Å². The Morgan fingerprint density at radius 3 is 2.65 bits per heavy atom. The highest BCUT2D eigenvalue weighted by Gasteiger charge is 2.56. The topological polar surface area (TPSA) is 38.0 Å². The van der Waals surface area contributed by atoms with Gasteiger partial charge in [-0.2, -0.15) is 5.10 Å². The molecule has 0 spiro atoms. The van der Waals surface area contributed by atoms with Gasteiger partial charge >= 0.3 is 0 Å². The van der Waals surface area contributed by atoms with Crippen molar-refractivity contribution >= 4 is 11.6 Å². The van der Waals surface area contributed by atoms with Gasteiger partial charge in [-0.05, 0) is 44.4 Å². The molecule has 0 saturated heterocycles. The first-order valence-electron chi connectivity index (χ1n) is 6.52. The monoisotopic (exact) mass is 254 g/mol. The maximum atomic E-state index is 10.5. The summed E-state index contributed by atoms with van der Waals surface area (Å²) >= 11 is 6.17. The molecule has 4 heteroatoms. The summed E-state index contributed by atoms with van der Waals surface area (Å²) in [5.41, 5.74) is 0.820. The van der Waals surface area contributed by atoms with E-state index < -0.39 is 6.10 Å². The maximum absolute atomic E-state index is 10.5. The van der Waals surface area contributed by atoms with Gasteiger partial charge in [-0.1, -0.05) is 18.0 Å². The van der Waals surface area contributed by atoms with Gasteiger partial charge in [0.1, 0.15) is 6.10 Å². The van der Waals surface area contributed by atoms with Crippen LogP contribution >= 0.6 is 11.6 Å². The summed E-state index contributed by atoms with van der Waals surface area (Å²) in [6.45, 7) is 4.13. The number of halogens is 1. The van der Waals surface area contributed by atoms with Crippen LogP contribution in [0.2, 0.25) is 5.02 Å². The first kappa shape index (κ1) is 11.5. The molecule has 3 atom stereocenters. The van der Waals surface area contributed by atoms with Gasteiger partial charge < -0.3 is 5.11 Å². The Hall–Kier alpha value is -0.540. The average Bonchev–Trinajstić information content (AvgIpc) is 2.65. The molecule has 1 aromatic rings. The van der Waals surface area contributed by atoms with Crippen LogP contribution in [0.3, 0.4) is 0 Å². The van der Waals surface area contributed by atoms with Crippen molar-refractivity contribution in [1.82, 2.24) is 9.78 Å². The largest absolute Gasteiger partial charge is 0.386 e. The molecule has 0 aliphatic heterocycles. The van der Waals surface area contributed by atoms with Crippen LogP contribution in [0.4, 0.5) is 0 Å². The van der Waals surface area contributed by atoms with Crippen molar-refractivity contribution in [2.75, 3.05) is 0 Å². The molecule has 0 aromatic carbocycles. The van der Waals surface area contributed by atoms with Gasteiger partial charge in [-0.15, -0.1) is 0 Å². The fourth-order valence-corrected chi connectivity index (χ4v) is 3.81. The Morgan fingerprint density at radius 2 is 2.06 bits per heavy atom. The zero-order chi connectivity index (χ0) is 12.2. The van der Waals surface area contributed by atoms with Crippen LogP contribution in [0, 0.1) is 17.8 Å². The van der Waals surface area contributed by atoms with Crippen LogP contribution in [0.25, 0.3) is 0 Å². The second kappa shape index (κ2) is 3.99. The third-order valence-electron chi connectivity index (χ3n) is 4.39. The van der Waals surface area contributed by atoms with Crippen LogP contribution < -0.4 is 0 Å². The van der Waals surface area contributed by atoms with Gasteiger partial charge in [0.15, 0.2) is 0 Å². The molecule has 3 rings (SSSR count). The van der Waals surface area contributed by atoms with Crippen molar-refractivity contribution < 1.29 is 5.11 Å². The molecule has 2 fully saturated rings. The van der Waals surface area contributed by atoms with Crippen LogP contribution in [0.5, 0.6) is 0 Å². The van der Waals surface area contributed by atoms with E-state index in [1.54, 1.807) is 6.20 Å². The van der Waals surface area contributed by atoms with Gasteiger partial charge in [0.25, 0.3) is 0 Å². The molecule has 3 nitrogen and oxygen atoms in total. The van der Waals surface area contributed by atoms with Gasteiger partial charge in [0.2, 0.25) is 0 Å². The molecular weight excluding hydrogens is 236 g/mol. The van der Waals surface area contributed by atoms with Gasteiger partial charge in [0, 0.05) is 6.04 Å². The number of rotatable bonds is 3. The summed E-state index contributed by atoms with van der Waals surface area (Å²) in [6, 6.07) is 0.241. The van der Waals surface area contributed by atoms with E-state index in [0.717, 1.165) is 17.5 Å². The molecule has 0 amide bonds. The first-order valence-corrected chi connectivity index (χ1v) is 6.90. The number of aliphatic hydroxyl groups is 1. The Kier molecular flexibility index (Phi) is 2.71. The third kappa shape index (κ3) is 1.71. The maximum Gasteiger partial charge on any atom is 0.100 e. The number of fused-ring (bicyclic) bond motifs is 1. The Balaban J connectivity index is 1.86. The minimum atomic E-state index is -0.428. The quantitative estimate of drug-likeness (QED) is 0.900. The summed E-state index contributed by atoms with van der Waals surface area (Å²) < 4.78 is 1.86. The lowest BCUT2D eigenvalue weighted by Gasteiger charge is -2.17. The van der Waals surface area contributed by atoms with E-state index in [2.05, 4.69) is 18.9 Å². The minimum Gasteiger partial charge on any atom is -0.386 e. The third-order valence-corrected chi connectivity index (χ3v) is 4.68. The van der Waals surface area contributed by atoms with E-state index in [9.17, 15) is 5.11 Å². The van der Waals surface area contributed by atoms with Crippen LogP contribution in [0.15, 0.2) is 6.20 Å². The molecule has 2 aliphatic carbocycles. The predicted molar refractivity (Wildman–Crippen MR) is 66.9 cm³/mol. The van der Waals surface area contributed by atoms with Crippen molar-refractivity contribution in [2.24, 2.45) is 17.8 Å². The lowest BCUT2D eigenvalue weighted by molar-refractivity contribution is 0.125. The van der Waals surface area contributed by atoms with Crippen molar-refractivity contribution in [1.29, 1.82) is 0 Å². The molecule has 2 aliphatic rings. The zero-order valence-electron chi connectivity index (χ0n) is 10.3. The molecule has 1 heterocycles. The molecule has 2 saturated carbocycles. The summed E-state index contributed by atoms with van der Waals surface area (Å²) in [4.78, 5) is 0. The van der Waals surface area contributed by atoms with Crippen LogP contribution in [-0.4, -0.2) is 14.9 Å². The first-order chi connectivity index (χ1) is 8.11. The molecule has 1 N–H and O–H groups in total. The van der Waals surface area contributed by atoms with Crippen molar-refractivity contribution in [3.05, 3.63) is 16.9 Å². The second-order valence-electron chi connectivity index (χ2n) is 5.70. The van der Waals surface area contributed by atoms with Gasteiger partial charge in [-0.3, -0.25) is 4.68 Å². The summed E-state index contributed by atoms with van der Waals surface area (Å²) in [5, 5.41) is 15.4. The highest BCUT2D eigenvalue weighted by atomic mass is 35.5. The Labute approximate surface area is 107 Å². The van der Waals surface area contributed by atoms with E-state index >= 15 is 0 Å². The summed E-state index contributed by atoms with van der Waals surface area (Å²) in [6.07, 6.45) is 5.11. The smallest absolute Gasteiger partial charge is 0.100 e. The molecule has 94 valence electrons. The fraction of sp³-hybridized carbons (Fsp3) is 0.769. The zero-order valence-corrected chi connectivity index (χ0v) is 11.1. The fourth-order valence-electron chi connectivity index (χ4n) is 3.57. The van der Waals surface area contributed by atoms with Crippen LogP contribution in [-0.2, 0) is 0 Å². The van der Waals surface area contributed by atoms with Crippen molar-refractivity contribution in [3.8, 4) is 0 Å². The van der Waals surface area contributed by atoms with E-state index in [1.807, 2.05) is 4.68 Å². The Morgan fingerprint density at radius 1 is 1.41 bits per heavy atom.